The van der Waals surface area contributed by atoms with E-state index in [-0.39, 0.29) is 0 Å². The van der Waals surface area contributed by atoms with Gasteiger partial charge in [-0.2, -0.15) is 0 Å². The van der Waals surface area contributed by atoms with Crippen molar-refractivity contribution in [1.82, 2.24) is 0 Å². The zero-order chi connectivity index (χ0) is 17.9. The van der Waals surface area contributed by atoms with E-state index >= 15 is 0 Å². The average molecular weight is 324 g/mol. The first-order valence-electron chi connectivity index (χ1n) is 9.04. The smallest absolute Gasteiger partial charge is 0.0317 e. The highest BCUT2D eigenvalue weighted by Gasteiger charge is 2.14. The van der Waals surface area contributed by atoms with Crippen molar-refractivity contribution in [2.75, 3.05) is 0 Å². The van der Waals surface area contributed by atoms with Gasteiger partial charge in [-0.25, -0.2) is 0 Å². The van der Waals surface area contributed by atoms with E-state index in [4.69, 9.17) is 5.73 Å². The van der Waals surface area contributed by atoms with Crippen LogP contribution in [0.5, 0.6) is 0 Å². The van der Waals surface area contributed by atoms with Crippen molar-refractivity contribution in [3.63, 3.8) is 0 Å². The minimum atomic E-state index is 0.601. The van der Waals surface area contributed by atoms with Crippen molar-refractivity contribution >= 4 is 5.57 Å². The van der Waals surface area contributed by atoms with E-state index in [1.807, 2.05) is 12.1 Å². The van der Waals surface area contributed by atoms with Gasteiger partial charge in [0.2, 0.25) is 0 Å². The molecule has 1 aromatic carbocycles. The fourth-order valence-corrected chi connectivity index (χ4v) is 2.83. The molecular weight excluding hydrogens is 290 g/mol. The van der Waals surface area contributed by atoms with E-state index in [1.165, 1.54) is 55.2 Å². The molecule has 0 spiro atoms. The summed E-state index contributed by atoms with van der Waals surface area (Å²) in [5.41, 5.74) is 12.1. The van der Waals surface area contributed by atoms with Crippen LogP contribution in [-0.4, -0.2) is 0 Å². The largest absolute Gasteiger partial charge is 0.399 e. The normalized spacial score (nSPS) is 12.6. The molecule has 1 nitrogen and oxygen atoms in total. The van der Waals surface area contributed by atoms with Crippen LogP contribution in [0.15, 0.2) is 66.9 Å². The molecule has 1 aliphatic rings. The molecule has 0 fully saturated rings. The first kappa shape index (κ1) is 20.0. The van der Waals surface area contributed by atoms with Crippen LogP contribution in [0.1, 0.15) is 63.5 Å². The van der Waals surface area contributed by atoms with Crippen LogP contribution >= 0.6 is 0 Å². The second-order valence-electron chi connectivity index (χ2n) is 6.60. The summed E-state index contributed by atoms with van der Waals surface area (Å²) in [6, 6.07) is 8.26. The van der Waals surface area contributed by atoms with Crippen molar-refractivity contribution in [3.8, 4) is 0 Å². The monoisotopic (exact) mass is 323 g/mol. The third-order valence-corrected chi connectivity index (χ3v) is 4.25. The highest BCUT2D eigenvalue weighted by Crippen LogP contribution is 2.31. The Labute approximate surface area is 148 Å². The van der Waals surface area contributed by atoms with Crippen LogP contribution in [0.2, 0.25) is 0 Å². The molecule has 0 radical (unpaired) electrons. The molecule has 0 saturated carbocycles. The maximum atomic E-state index is 5.69. The van der Waals surface area contributed by atoms with Gasteiger partial charge < -0.3 is 5.73 Å². The summed E-state index contributed by atoms with van der Waals surface area (Å²) < 4.78 is 0. The van der Waals surface area contributed by atoms with Gasteiger partial charge in [-0.3, -0.25) is 0 Å². The number of nitrogens with two attached hydrogens (primary N) is 1. The van der Waals surface area contributed by atoms with Crippen molar-refractivity contribution < 1.29 is 0 Å². The quantitative estimate of drug-likeness (QED) is 0.445. The Morgan fingerprint density at radius 3 is 2.38 bits per heavy atom. The van der Waals surface area contributed by atoms with Crippen molar-refractivity contribution in [1.29, 1.82) is 0 Å². The zero-order valence-electron chi connectivity index (χ0n) is 15.5. The molecular formula is C23H33N. The van der Waals surface area contributed by atoms with E-state index in [1.54, 1.807) is 0 Å². The summed E-state index contributed by atoms with van der Waals surface area (Å²) in [6.45, 7) is 16.0. The summed E-state index contributed by atoms with van der Waals surface area (Å²) in [5, 5.41) is 0. The Morgan fingerprint density at radius 2 is 1.75 bits per heavy atom. The van der Waals surface area contributed by atoms with Crippen LogP contribution in [0.4, 0.5) is 0 Å². The van der Waals surface area contributed by atoms with Gasteiger partial charge in [-0.1, -0.05) is 81.7 Å². The molecule has 130 valence electrons. The zero-order valence-corrected chi connectivity index (χ0v) is 15.5. The molecule has 1 heteroatoms. The topological polar surface area (TPSA) is 26.0 Å². The predicted molar refractivity (Wildman–Crippen MR) is 109 cm³/mol. The standard InChI is InChI=1S/C13H13N.C10H20/c1-9-12(10(2)14)8-7-11-5-3-4-6-13(9)11;1-4-5-6-7-8-9-10(2)3/h3-6,8H,1-2,7,14H2;2,4-9H2,1,3H3. The van der Waals surface area contributed by atoms with E-state index in [2.05, 4.69) is 51.8 Å². The van der Waals surface area contributed by atoms with Gasteiger partial charge in [-0.05, 0) is 42.9 Å². The molecule has 1 aromatic rings. The highest BCUT2D eigenvalue weighted by molar-refractivity contribution is 5.84. The molecule has 0 bridgehead atoms. The van der Waals surface area contributed by atoms with Gasteiger partial charge in [0.15, 0.2) is 0 Å². The van der Waals surface area contributed by atoms with Gasteiger partial charge in [0.25, 0.3) is 0 Å². The van der Waals surface area contributed by atoms with E-state index in [0.717, 1.165) is 17.6 Å². The van der Waals surface area contributed by atoms with Crippen LogP contribution in [0, 0.1) is 0 Å². The van der Waals surface area contributed by atoms with Gasteiger partial charge in [0.05, 0.1) is 0 Å². The molecule has 0 saturated heterocycles. The Balaban J connectivity index is 0.000000257. The maximum absolute atomic E-state index is 5.69. The molecule has 24 heavy (non-hydrogen) atoms. The van der Waals surface area contributed by atoms with Gasteiger partial charge >= 0.3 is 0 Å². The number of unbranched alkanes of at least 4 members (excludes halogenated alkanes) is 4. The molecule has 0 heterocycles. The van der Waals surface area contributed by atoms with Crippen molar-refractivity contribution in [2.24, 2.45) is 5.73 Å². The van der Waals surface area contributed by atoms with Gasteiger partial charge in [0, 0.05) is 11.3 Å². The van der Waals surface area contributed by atoms with Crippen LogP contribution in [-0.2, 0) is 6.42 Å². The lowest BCUT2D eigenvalue weighted by Gasteiger charge is -2.19. The van der Waals surface area contributed by atoms with Crippen molar-refractivity contribution in [3.05, 3.63) is 78.0 Å². The molecule has 1 aliphatic carbocycles. The number of rotatable bonds is 7. The van der Waals surface area contributed by atoms with E-state index in [0.29, 0.717) is 5.70 Å². The molecule has 0 atom stereocenters. The second kappa shape index (κ2) is 10.7. The predicted octanol–water partition coefficient (Wildman–Crippen LogP) is 6.58. The molecule has 0 unspecified atom stereocenters. The first-order valence-corrected chi connectivity index (χ1v) is 9.04. The number of hydrogen-bond acceptors (Lipinski definition) is 1. The Bertz CT molecular complexity index is 604. The molecule has 2 N–H and O–H groups in total. The number of allylic oxidation sites excluding steroid dienone is 3. The SMILES string of the molecule is C=C(C)CCCCCCC.C=C(N)C1=CCc2ccccc2C1=C. The summed E-state index contributed by atoms with van der Waals surface area (Å²) in [6.07, 6.45) is 11.1. The highest BCUT2D eigenvalue weighted by atomic mass is 14.6. The first-order chi connectivity index (χ1) is 11.5. The molecule has 0 amide bonds. The molecule has 0 aromatic heterocycles. The lowest BCUT2D eigenvalue weighted by molar-refractivity contribution is 0.631. The number of fused-ring (bicyclic) bond motifs is 1. The van der Waals surface area contributed by atoms with Crippen LogP contribution in [0.3, 0.4) is 0 Å². The van der Waals surface area contributed by atoms with Crippen LogP contribution in [0.25, 0.3) is 5.57 Å². The Morgan fingerprint density at radius 1 is 1.08 bits per heavy atom. The van der Waals surface area contributed by atoms with E-state index in [9.17, 15) is 0 Å². The molecule has 2 rings (SSSR count). The number of hydrogen-bond donors (Lipinski definition) is 1. The lowest BCUT2D eigenvalue weighted by atomic mass is 9.87. The van der Waals surface area contributed by atoms with Crippen molar-refractivity contribution in [2.45, 2.75) is 58.8 Å². The molecule has 0 aliphatic heterocycles. The van der Waals surface area contributed by atoms with E-state index < -0.39 is 0 Å². The van der Waals surface area contributed by atoms with Gasteiger partial charge in [0.1, 0.15) is 0 Å². The summed E-state index contributed by atoms with van der Waals surface area (Å²) in [5.74, 6) is 0. The fourth-order valence-electron chi connectivity index (χ4n) is 2.83. The second-order valence-corrected chi connectivity index (χ2v) is 6.60. The fraction of sp³-hybridized carbons (Fsp3) is 0.391. The van der Waals surface area contributed by atoms with Gasteiger partial charge in [-0.15, -0.1) is 6.58 Å². The Hall–Kier alpha value is -2.02. The summed E-state index contributed by atoms with van der Waals surface area (Å²) in [4.78, 5) is 0. The lowest BCUT2D eigenvalue weighted by Crippen LogP contribution is -2.07. The summed E-state index contributed by atoms with van der Waals surface area (Å²) >= 11 is 0. The minimum absolute atomic E-state index is 0.601. The minimum Gasteiger partial charge on any atom is -0.399 e. The summed E-state index contributed by atoms with van der Waals surface area (Å²) in [7, 11) is 0. The number of benzene rings is 1. The maximum Gasteiger partial charge on any atom is 0.0317 e. The van der Waals surface area contributed by atoms with Crippen LogP contribution < -0.4 is 5.73 Å². The Kier molecular flexibility index (Phi) is 8.93. The third kappa shape index (κ3) is 6.62. The average Bonchev–Trinajstić information content (AvgIpc) is 2.55. The third-order valence-electron chi connectivity index (χ3n) is 4.25.